The number of carbonyl (C=O) groups excluding carboxylic acids is 1. The van der Waals surface area contributed by atoms with E-state index in [0.717, 1.165) is 36.4 Å². The number of benzene rings is 2. The molecule has 1 saturated heterocycles. The molecular formula is C23H26N4O3. The van der Waals surface area contributed by atoms with Crippen molar-refractivity contribution in [2.45, 2.75) is 31.9 Å². The fraction of sp³-hybridized carbons (Fsp3) is 0.348. The molecule has 7 heteroatoms. The van der Waals surface area contributed by atoms with Crippen molar-refractivity contribution in [1.82, 2.24) is 19.7 Å². The standard InChI is InChI=1S/C23H26N4O3/c1-17(18-5-9-20(10-6-18)27-16-24-15-25-27)26(2)23(28)19-7-11-21(12-8-19)30-14-22-4-3-13-29-22/h5-12,15-17,22H,3-4,13-14H2,1-2H3/t17-,22-/m1/s1. The second-order valence-corrected chi connectivity index (χ2v) is 7.49. The highest BCUT2D eigenvalue weighted by molar-refractivity contribution is 5.94. The molecule has 30 heavy (non-hydrogen) atoms. The van der Waals surface area contributed by atoms with Crippen LogP contribution in [0.5, 0.6) is 5.75 Å². The van der Waals surface area contributed by atoms with Gasteiger partial charge in [0.1, 0.15) is 25.0 Å². The molecule has 2 heterocycles. The van der Waals surface area contributed by atoms with Gasteiger partial charge in [-0.15, -0.1) is 0 Å². The minimum Gasteiger partial charge on any atom is -0.491 e. The maximum Gasteiger partial charge on any atom is 0.254 e. The Morgan fingerprint density at radius 3 is 2.63 bits per heavy atom. The van der Waals surface area contributed by atoms with Gasteiger partial charge in [-0.2, -0.15) is 5.10 Å². The van der Waals surface area contributed by atoms with Crippen LogP contribution >= 0.6 is 0 Å². The Kier molecular flexibility index (Phi) is 6.09. The molecule has 0 unspecified atom stereocenters. The molecule has 1 aromatic heterocycles. The van der Waals surface area contributed by atoms with Crippen LogP contribution in [0.25, 0.3) is 5.69 Å². The lowest BCUT2D eigenvalue weighted by molar-refractivity contribution is 0.0678. The van der Waals surface area contributed by atoms with Crippen LogP contribution in [-0.4, -0.2) is 51.9 Å². The molecule has 0 aliphatic carbocycles. The predicted molar refractivity (Wildman–Crippen MR) is 113 cm³/mol. The zero-order chi connectivity index (χ0) is 20.9. The van der Waals surface area contributed by atoms with Crippen LogP contribution in [-0.2, 0) is 4.74 Å². The topological polar surface area (TPSA) is 69.5 Å². The van der Waals surface area contributed by atoms with Crippen molar-refractivity contribution >= 4 is 5.91 Å². The molecule has 3 aromatic rings. The normalized spacial score (nSPS) is 16.9. The quantitative estimate of drug-likeness (QED) is 0.599. The third-order valence-corrected chi connectivity index (χ3v) is 5.52. The first kappa shape index (κ1) is 20.1. The second kappa shape index (κ2) is 9.09. The Morgan fingerprint density at radius 1 is 1.23 bits per heavy atom. The van der Waals surface area contributed by atoms with Crippen molar-refractivity contribution in [3.8, 4) is 11.4 Å². The lowest BCUT2D eigenvalue weighted by Gasteiger charge is -2.25. The zero-order valence-electron chi connectivity index (χ0n) is 17.3. The first-order valence-corrected chi connectivity index (χ1v) is 10.2. The van der Waals surface area contributed by atoms with Gasteiger partial charge in [-0.25, -0.2) is 9.67 Å². The monoisotopic (exact) mass is 406 g/mol. The number of hydrogen-bond donors (Lipinski definition) is 0. The molecule has 2 aromatic carbocycles. The Balaban J connectivity index is 1.37. The molecule has 0 saturated carbocycles. The van der Waals surface area contributed by atoms with E-state index in [-0.39, 0.29) is 18.1 Å². The maximum absolute atomic E-state index is 12.9. The highest BCUT2D eigenvalue weighted by Crippen LogP contribution is 2.23. The maximum atomic E-state index is 12.9. The van der Waals surface area contributed by atoms with Gasteiger partial charge in [-0.05, 0) is 61.7 Å². The largest absolute Gasteiger partial charge is 0.491 e. The summed E-state index contributed by atoms with van der Waals surface area (Å²) < 4.78 is 13.1. The van der Waals surface area contributed by atoms with E-state index in [4.69, 9.17) is 9.47 Å². The van der Waals surface area contributed by atoms with E-state index in [9.17, 15) is 4.79 Å². The first-order valence-electron chi connectivity index (χ1n) is 10.2. The Labute approximate surface area is 176 Å². The van der Waals surface area contributed by atoms with Gasteiger partial charge >= 0.3 is 0 Å². The summed E-state index contributed by atoms with van der Waals surface area (Å²) in [7, 11) is 1.82. The third-order valence-electron chi connectivity index (χ3n) is 5.52. The van der Waals surface area contributed by atoms with Crippen molar-refractivity contribution in [2.75, 3.05) is 20.3 Å². The summed E-state index contributed by atoms with van der Waals surface area (Å²) in [6.45, 7) is 3.38. The molecule has 0 bridgehead atoms. The molecule has 0 radical (unpaired) electrons. The van der Waals surface area contributed by atoms with Gasteiger partial charge in [0.25, 0.3) is 5.91 Å². The van der Waals surface area contributed by atoms with E-state index in [0.29, 0.717) is 12.2 Å². The molecule has 0 spiro atoms. The van der Waals surface area contributed by atoms with E-state index in [1.807, 2.05) is 62.5 Å². The molecule has 0 N–H and O–H groups in total. The number of rotatable bonds is 7. The van der Waals surface area contributed by atoms with Crippen molar-refractivity contribution < 1.29 is 14.3 Å². The highest BCUT2D eigenvalue weighted by Gasteiger charge is 2.20. The van der Waals surface area contributed by atoms with Crippen LogP contribution in [0.2, 0.25) is 0 Å². The number of carbonyl (C=O) groups is 1. The SMILES string of the molecule is C[C@H](c1ccc(-n2cncn2)cc1)N(C)C(=O)c1ccc(OC[C@H]2CCCO2)cc1. The smallest absolute Gasteiger partial charge is 0.254 e. The van der Waals surface area contributed by atoms with Crippen LogP contribution in [0.1, 0.15) is 41.7 Å². The molecule has 4 rings (SSSR count). The summed E-state index contributed by atoms with van der Waals surface area (Å²) in [6, 6.07) is 15.2. The van der Waals surface area contributed by atoms with Crippen LogP contribution in [0, 0.1) is 0 Å². The summed E-state index contributed by atoms with van der Waals surface area (Å²) in [4.78, 5) is 18.6. The highest BCUT2D eigenvalue weighted by atomic mass is 16.5. The molecule has 1 aliphatic heterocycles. The minimum atomic E-state index is -0.0715. The van der Waals surface area contributed by atoms with Crippen LogP contribution in [0.4, 0.5) is 0 Å². The molecular weight excluding hydrogens is 380 g/mol. The Morgan fingerprint density at radius 2 is 2.00 bits per heavy atom. The van der Waals surface area contributed by atoms with Crippen LogP contribution in [0.3, 0.4) is 0 Å². The van der Waals surface area contributed by atoms with Gasteiger partial charge in [-0.1, -0.05) is 12.1 Å². The molecule has 1 aliphatic rings. The van der Waals surface area contributed by atoms with Crippen molar-refractivity contribution in [3.05, 3.63) is 72.3 Å². The number of amides is 1. The summed E-state index contributed by atoms with van der Waals surface area (Å²) in [6.07, 6.45) is 5.47. The van der Waals surface area contributed by atoms with Gasteiger partial charge in [-0.3, -0.25) is 4.79 Å². The van der Waals surface area contributed by atoms with Gasteiger partial charge in [0, 0.05) is 19.2 Å². The number of nitrogens with zero attached hydrogens (tertiary/aromatic N) is 4. The molecule has 1 fully saturated rings. The van der Waals surface area contributed by atoms with Crippen molar-refractivity contribution in [2.24, 2.45) is 0 Å². The number of aromatic nitrogens is 3. The Bertz CT molecular complexity index is 949. The van der Waals surface area contributed by atoms with Gasteiger partial charge in [0.05, 0.1) is 17.8 Å². The summed E-state index contributed by atoms with van der Waals surface area (Å²) >= 11 is 0. The first-order chi connectivity index (χ1) is 14.6. The van der Waals surface area contributed by atoms with Crippen LogP contribution in [0.15, 0.2) is 61.2 Å². The molecule has 156 valence electrons. The van der Waals surface area contributed by atoms with Gasteiger partial charge in [0.2, 0.25) is 0 Å². The van der Waals surface area contributed by atoms with E-state index in [1.54, 1.807) is 15.9 Å². The lowest BCUT2D eigenvalue weighted by Crippen LogP contribution is -2.29. The fourth-order valence-corrected chi connectivity index (χ4v) is 3.51. The van der Waals surface area contributed by atoms with E-state index in [2.05, 4.69) is 10.1 Å². The number of ether oxygens (including phenoxy) is 2. The van der Waals surface area contributed by atoms with Gasteiger partial charge < -0.3 is 14.4 Å². The third kappa shape index (κ3) is 4.52. The molecule has 1 amide bonds. The summed E-state index contributed by atoms with van der Waals surface area (Å²) in [5.41, 5.74) is 2.61. The van der Waals surface area contributed by atoms with Crippen LogP contribution < -0.4 is 4.74 Å². The average molecular weight is 406 g/mol. The zero-order valence-corrected chi connectivity index (χ0v) is 17.3. The second-order valence-electron chi connectivity index (χ2n) is 7.49. The lowest BCUT2D eigenvalue weighted by atomic mass is 10.1. The predicted octanol–water partition coefficient (Wildman–Crippen LogP) is 3.66. The molecule has 2 atom stereocenters. The van der Waals surface area contributed by atoms with Crippen molar-refractivity contribution in [3.63, 3.8) is 0 Å². The fourth-order valence-electron chi connectivity index (χ4n) is 3.51. The number of hydrogen-bond acceptors (Lipinski definition) is 5. The van der Waals surface area contributed by atoms with Gasteiger partial charge in [0.15, 0.2) is 0 Å². The summed E-state index contributed by atoms with van der Waals surface area (Å²) in [5, 5.41) is 4.13. The average Bonchev–Trinajstić information content (AvgIpc) is 3.51. The van der Waals surface area contributed by atoms with Crippen molar-refractivity contribution in [1.29, 1.82) is 0 Å². The summed E-state index contributed by atoms with van der Waals surface area (Å²) in [5.74, 6) is 0.718. The Hall–Kier alpha value is -3.19. The van der Waals surface area contributed by atoms with E-state index < -0.39 is 0 Å². The minimum absolute atomic E-state index is 0.0338. The van der Waals surface area contributed by atoms with E-state index >= 15 is 0 Å². The van der Waals surface area contributed by atoms with E-state index in [1.165, 1.54) is 6.33 Å². The molecule has 7 nitrogen and oxygen atoms in total.